The van der Waals surface area contributed by atoms with Gasteiger partial charge >= 0.3 is 5.97 Å². The number of aliphatic carboxylic acids is 1. The molecule has 1 unspecified atom stereocenters. The van der Waals surface area contributed by atoms with E-state index in [2.05, 4.69) is 6.07 Å². The van der Waals surface area contributed by atoms with Gasteiger partial charge in [0.1, 0.15) is 0 Å². The highest BCUT2D eigenvalue weighted by Crippen LogP contribution is 2.43. The highest BCUT2D eigenvalue weighted by molar-refractivity contribution is 5.89. The number of ether oxygens (including phenoxy) is 1. The molecule has 1 amide bonds. The lowest BCUT2D eigenvalue weighted by molar-refractivity contribution is -0.161. The molecular formula is C18H23NO4. The average Bonchev–Trinajstić information content (AvgIpc) is 3.05. The van der Waals surface area contributed by atoms with Crippen molar-refractivity contribution in [3.63, 3.8) is 0 Å². The predicted octanol–water partition coefficient (Wildman–Crippen LogP) is 2.12. The standard InChI is InChI=1S/C18H23NO4/c1-13-5-4-6-14(11-13)18(7-2-3-8-18)17(22)19-9-10-23-15(12-19)16(20)21/h4-6,11,15H,2-3,7-10,12H2,1H3,(H,20,21). The summed E-state index contributed by atoms with van der Waals surface area (Å²) in [6, 6.07) is 8.16. The van der Waals surface area contributed by atoms with Crippen molar-refractivity contribution >= 4 is 11.9 Å². The van der Waals surface area contributed by atoms with Gasteiger partial charge in [-0.3, -0.25) is 4.79 Å². The molecule has 5 nitrogen and oxygen atoms in total. The first-order chi connectivity index (χ1) is 11.0. The van der Waals surface area contributed by atoms with Crippen LogP contribution in [-0.4, -0.2) is 47.7 Å². The highest BCUT2D eigenvalue weighted by Gasteiger charge is 2.46. The van der Waals surface area contributed by atoms with Gasteiger partial charge in [0.15, 0.2) is 6.10 Å². The molecule has 124 valence electrons. The van der Waals surface area contributed by atoms with Gasteiger partial charge in [-0.05, 0) is 25.3 Å². The van der Waals surface area contributed by atoms with Crippen LogP contribution in [0.3, 0.4) is 0 Å². The second-order valence-electron chi connectivity index (χ2n) is 6.61. The molecule has 0 spiro atoms. The number of carboxylic acid groups (broad SMARTS) is 1. The lowest BCUT2D eigenvalue weighted by Gasteiger charge is -2.38. The van der Waals surface area contributed by atoms with Crippen molar-refractivity contribution < 1.29 is 19.4 Å². The van der Waals surface area contributed by atoms with Crippen molar-refractivity contribution in [2.45, 2.75) is 44.1 Å². The van der Waals surface area contributed by atoms with Crippen molar-refractivity contribution in [3.05, 3.63) is 35.4 Å². The van der Waals surface area contributed by atoms with E-state index in [9.17, 15) is 9.59 Å². The second-order valence-corrected chi connectivity index (χ2v) is 6.61. The topological polar surface area (TPSA) is 66.8 Å². The number of carboxylic acids is 1. The number of carbonyl (C=O) groups excluding carboxylic acids is 1. The number of hydrogen-bond donors (Lipinski definition) is 1. The van der Waals surface area contributed by atoms with E-state index in [1.807, 2.05) is 25.1 Å². The number of amides is 1. The number of aryl methyl sites for hydroxylation is 1. The quantitative estimate of drug-likeness (QED) is 0.927. The van der Waals surface area contributed by atoms with Crippen LogP contribution >= 0.6 is 0 Å². The molecule has 1 aromatic carbocycles. The van der Waals surface area contributed by atoms with Gasteiger partial charge in [0.05, 0.1) is 18.6 Å². The van der Waals surface area contributed by atoms with E-state index in [1.165, 1.54) is 0 Å². The Balaban J connectivity index is 1.89. The number of benzene rings is 1. The smallest absolute Gasteiger partial charge is 0.334 e. The maximum absolute atomic E-state index is 13.3. The van der Waals surface area contributed by atoms with Crippen molar-refractivity contribution in [3.8, 4) is 0 Å². The van der Waals surface area contributed by atoms with Crippen LogP contribution in [0.4, 0.5) is 0 Å². The Morgan fingerprint density at radius 1 is 1.30 bits per heavy atom. The van der Waals surface area contributed by atoms with Crippen LogP contribution in [-0.2, 0) is 19.7 Å². The van der Waals surface area contributed by atoms with Gasteiger partial charge < -0.3 is 14.7 Å². The summed E-state index contributed by atoms with van der Waals surface area (Å²) in [7, 11) is 0. The van der Waals surface area contributed by atoms with E-state index >= 15 is 0 Å². The SMILES string of the molecule is Cc1cccc(C2(C(=O)N3CCOC(C(=O)O)C3)CCCC2)c1. The first-order valence-corrected chi connectivity index (χ1v) is 8.24. The summed E-state index contributed by atoms with van der Waals surface area (Å²) in [4.78, 5) is 26.1. The van der Waals surface area contributed by atoms with E-state index in [-0.39, 0.29) is 19.1 Å². The molecule has 3 rings (SSSR count). The Bertz CT molecular complexity index is 607. The van der Waals surface area contributed by atoms with E-state index in [4.69, 9.17) is 9.84 Å². The summed E-state index contributed by atoms with van der Waals surface area (Å²) in [5.74, 6) is -0.936. The fourth-order valence-corrected chi connectivity index (χ4v) is 3.83. The van der Waals surface area contributed by atoms with Crippen molar-refractivity contribution in [1.29, 1.82) is 0 Å². The molecule has 1 heterocycles. The van der Waals surface area contributed by atoms with Gasteiger partial charge in [0, 0.05) is 6.54 Å². The zero-order valence-corrected chi connectivity index (χ0v) is 13.5. The van der Waals surface area contributed by atoms with Crippen molar-refractivity contribution in [2.75, 3.05) is 19.7 Å². The Morgan fingerprint density at radius 3 is 2.70 bits per heavy atom. The Morgan fingerprint density at radius 2 is 2.04 bits per heavy atom. The van der Waals surface area contributed by atoms with Crippen molar-refractivity contribution in [2.24, 2.45) is 0 Å². The van der Waals surface area contributed by atoms with Gasteiger partial charge in [0.25, 0.3) is 0 Å². The van der Waals surface area contributed by atoms with Crippen LogP contribution in [0.2, 0.25) is 0 Å². The summed E-state index contributed by atoms with van der Waals surface area (Å²) in [5.41, 5.74) is 1.72. The summed E-state index contributed by atoms with van der Waals surface area (Å²) >= 11 is 0. The van der Waals surface area contributed by atoms with Crippen LogP contribution in [0.1, 0.15) is 36.8 Å². The van der Waals surface area contributed by atoms with E-state index in [0.29, 0.717) is 6.54 Å². The second kappa shape index (κ2) is 6.32. The summed E-state index contributed by atoms with van der Waals surface area (Å²) in [6.45, 7) is 2.93. The minimum absolute atomic E-state index is 0.0650. The zero-order chi connectivity index (χ0) is 16.4. The minimum Gasteiger partial charge on any atom is -0.479 e. The largest absolute Gasteiger partial charge is 0.479 e. The van der Waals surface area contributed by atoms with Crippen LogP contribution in [0.25, 0.3) is 0 Å². The molecule has 1 aromatic rings. The molecule has 0 bridgehead atoms. The monoisotopic (exact) mass is 317 g/mol. The Kier molecular flexibility index (Phi) is 4.39. The zero-order valence-electron chi connectivity index (χ0n) is 13.5. The van der Waals surface area contributed by atoms with Gasteiger partial charge in [-0.1, -0.05) is 42.7 Å². The molecule has 23 heavy (non-hydrogen) atoms. The fraction of sp³-hybridized carbons (Fsp3) is 0.556. The normalized spacial score (nSPS) is 23.7. The first-order valence-electron chi connectivity index (χ1n) is 8.24. The molecule has 1 N–H and O–H groups in total. The van der Waals surface area contributed by atoms with E-state index < -0.39 is 17.5 Å². The lowest BCUT2D eigenvalue weighted by Crippen LogP contribution is -2.54. The number of rotatable bonds is 3. The minimum atomic E-state index is -1.00. The predicted molar refractivity (Wildman–Crippen MR) is 85.3 cm³/mol. The van der Waals surface area contributed by atoms with Crippen LogP contribution in [0, 0.1) is 6.92 Å². The molecule has 2 fully saturated rings. The maximum atomic E-state index is 13.3. The van der Waals surface area contributed by atoms with Crippen LogP contribution in [0.5, 0.6) is 0 Å². The molecule has 1 saturated heterocycles. The van der Waals surface area contributed by atoms with Crippen LogP contribution in [0.15, 0.2) is 24.3 Å². The van der Waals surface area contributed by atoms with E-state index in [0.717, 1.165) is 36.8 Å². The van der Waals surface area contributed by atoms with Gasteiger partial charge in [0.2, 0.25) is 5.91 Å². The third-order valence-electron chi connectivity index (χ3n) is 5.07. The van der Waals surface area contributed by atoms with Gasteiger partial charge in [-0.15, -0.1) is 0 Å². The third-order valence-corrected chi connectivity index (χ3v) is 5.07. The van der Waals surface area contributed by atoms with Gasteiger partial charge in [-0.25, -0.2) is 4.79 Å². The molecule has 1 aliphatic heterocycles. The number of nitrogens with zero attached hydrogens (tertiary/aromatic N) is 1. The molecule has 2 aliphatic rings. The number of morpholine rings is 1. The maximum Gasteiger partial charge on any atom is 0.334 e. The summed E-state index contributed by atoms with van der Waals surface area (Å²) < 4.78 is 5.25. The number of carbonyl (C=O) groups is 2. The summed E-state index contributed by atoms with van der Waals surface area (Å²) in [6.07, 6.45) is 2.83. The molecule has 0 aromatic heterocycles. The highest BCUT2D eigenvalue weighted by atomic mass is 16.5. The Hall–Kier alpha value is -1.88. The molecule has 1 aliphatic carbocycles. The summed E-state index contributed by atoms with van der Waals surface area (Å²) in [5, 5.41) is 9.16. The number of hydrogen-bond acceptors (Lipinski definition) is 3. The van der Waals surface area contributed by atoms with E-state index in [1.54, 1.807) is 4.90 Å². The molecule has 1 atom stereocenters. The van der Waals surface area contributed by atoms with Gasteiger partial charge in [-0.2, -0.15) is 0 Å². The molecule has 1 saturated carbocycles. The van der Waals surface area contributed by atoms with Crippen molar-refractivity contribution in [1.82, 2.24) is 4.90 Å². The molecule has 5 heteroatoms. The van der Waals surface area contributed by atoms with Crippen LogP contribution < -0.4 is 0 Å². The first kappa shape index (κ1) is 16.0. The average molecular weight is 317 g/mol. The molecule has 0 radical (unpaired) electrons. The third kappa shape index (κ3) is 2.98. The fourth-order valence-electron chi connectivity index (χ4n) is 3.83. The molecular weight excluding hydrogens is 294 g/mol. The Labute approximate surface area is 136 Å². The lowest BCUT2D eigenvalue weighted by atomic mass is 9.77.